The number of benzene rings is 3. The van der Waals surface area contributed by atoms with E-state index >= 15 is 0 Å². The van der Waals surface area contributed by atoms with Gasteiger partial charge in [-0.3, -0.25) is 4.79 Å². The number of carbonyl (C=O) groups is 2. The lowest BCUT2D eigenvalue weighted by Crippen LogP contribution is -2.45. The van der Waals surface area contributed by atoms with Crippen molar-refractivity contribution in [2.75, 3.05) is 23.4 Å². The highest BCUT2D eigenvalue weighted by atomic mass is 35.5. The Bertz CT molecular complexity index is 1380. The summed E-state index contributed by atoms with van der Waals surface area (Å²) in [6.45, 7) is 0.451. The molecule has 3 aromatic rings. The van der Waals surface area contributed by atoms with Crippen LogP contribution in [-0.4, -0.2) is 44.1 Å². The fourth-order valence-corrected chi connectivity index (χ4v) is 5.30. The summed E-state index contributed by atoms with van der Waals surface area (Å²) < 4.78 is 24.3. The second-order valence-electron chi connectivity index (χ2n) is 8.24. The Balaban J connectivity index is 1.49. The van der Waals surface area contributed by atoms with E-state index in [2.05, 4.69) is 10.6 Å². The van der Waals surface area contributed by atoms with Gasteiger partial charge in [0.1, 0.15) is 6.04 Å². The Morgan fingerprint density at radius 2 is 1.69 bits per heavy atom. The van der Waals surface area contributed by atoms with Crippen molar-refractivity contribution in [3.63, 3.8) is 0 Å². The third-order valence-electron chi connectivity index (χ3n) is 5.74. The minimum absolute atomic E-state index is 0.196. The normalized spacial score (nSPS) is 15.6. The molecule has 0 bridgehead atoms. The molecule has 4 rings (SSSR count). The molecule has 1 saturated heterocycles. The molecule has 35 heavy (non-hydrogen) atoms. The van der Waals surface area contributed by atoms with Crippen molar-refractivity contribution >= 4 is 56.4 Å². The van der Waals surface area contributed by atoms with Gasteiger partial charge in [-0.05, 0) is 60.9 Å². The summed E-state index contributed by atoms with van der Waals surface area (Å²) >= 11 is 12.3. The Morgan fingerprint density at radius 3 is 2.37 bits per heavy atom. The van der Waals surface area contributed by atoms with Crippen molar-refractivity contribution in [1.82, 2.24) is 4.90 Å². The third-order valence-corrected chi connectivity index (χ3v) is 7.46. The number of nitrogens with one attached hydrogen (secondary N) is 2. The molecule has 1 fully saturated rings. The van der Waals surface area contributed by atoms with E-state index < -0.39 is 15.9 Å². The maximum atomic E-state index is 13.0. The molecule has 0 radical (unpaired) electrons. The standard InChI is InChI=1S/C25H23Cl2N3O4S/c1-35(33,34)23-7-3-2-5-19(23)16-8-13-21(20(27)15-16)29-24(31)22-6-4-14-30(22)25(32)28-18-11-9-17(26)10-12-18/h2-3,5,7-13,15,22H,4,6,14H2,1H3,(H,28,32)(H,29,31). The van der Waals surface area contributed by atoms with Gasteiger partial charge >= 0.3 is 6.03 Å². The second kappa shape index (κ2) is 10.3. The summed E-state index contributed by atoms with van der Waals surface area (Å²) in [5.74, 6) is -0.347. The quantitative estimate of drug-likeness (QED) is 0.441. The van der Waals surface area contributed by atoms with E-state index in [4.69, 9.17) is 23.2 Å². The highest BCUT2D eigenvalue weighted by Crippen LogP contribution is 2.33. The van der Waals surface area contributed by atoms with E-state index in [0.717, 1.165) is 6.26 Å². The molecule has 1 atom stereocenters. The number of rotatable bonds is 5. The van der Waals surface area contributed by atoms with E-state index in [0.29, 0.717) is 46.9 Å². The van der Waals surface area contributed by atoms with Gasteiger partial charge in [0.05, 0.1) is 15.6 Å². The lowest BCUT2D eigenvalue weighted by Gasteiger charge is -2.24. The summed E-state index contributed by atoms with van der Waals surface area (Å²) in [6.07, 6.45) is 2.37. The van der Waals surface area contributed by atoms with Gasteiger partial charge in [-0.2, -0.15) is 0 Å². The van der Waals surface area contributed by atoms with Gasteiger partial charge in [-0.15, -0.1) is 0 Å². The lowest BCUT2D eigenvalue weighted by molar-refractivity contribution is -0.119. The van der Waals surface area contributed by atoms with Crippen molar-refractivity contribution in [1.29, 1.82) is 0 Å². The molecule has 0 spiro atoms. The third kappa shape index (κ3) is 5.78. The van der Waals surface area contributed by atoms with Gasteiger partial charge in [-0.25, -0.2) is 13.2 Å². The topological polar surface area (TPSA) is 95.6 Å². The Hall–Kier alpha value is -3.07. The largest absolute Gasteiger partial charge is 0.323 e. The molecule has 0 aromatic heterocycles. The zero-order valence-electron chi connectivity index (χ0n) is 18.8. The number of nitrogens with zero attached hydrogens (tertiary/aromatic N) is 1. The first-order valence-corrected chi connectivity index (χ1v) is 13.5. The highest BCUT2D eigenvalue weighted by molar-refractivity contribution is 7.90. The van der Waals surface area contributed by atoms with Crippen molar-refractivity contribution in [2.24, 2.45) is 0 Å². The molecule has 0 saturated carbocycles. The number of anilines is 2. The van der Waals surface area contributed by atoms with Crippen LogP contribution in [0, 0.1) is 0 Å². The van der Waals surface area contributed by atoms with Crippen LogP contribution in [0.25, 0.3) is 11.1 Å². The Morgan fingerprint density at radius 1 is 0.971 bits per heavy atom. The summed E-state index contributed by atoms with van der Waals surface area (Å²) in [7, 11) is -3.44. The average Bonchev–Trinajstić information content (AvgIpc) is 3.32. The highest BCUT2D eigenvalue weighted by Gasteiger charge is 2.34. The summed E-state index contributed by atoms with van der Waals surface area (Å²) in [5.41, 5.74) is 2.09. The predicted molar refractivity (Wildman–Crippen MR) is 139 cm³/mol. The molecule has 0 aliphatic carbocycles. The number of carbonyl (C=O) groups excluding carboxylic acids is 2. The van der Waals surface area contributed by atoms with Crippen molar-refractivity contribution in [3.8, 4) is 11.1 Å². The minimum atomic E-state index is -3.44. The summed E-state index contributed by atoms with van der Waals surface area (Å²) in [6, 6.07) is 17.3. The van der Waals surface area contributed by atoms with Crippen molar-refractivity contribution in [2.45, 2.75) is 23.8 Å². The smallest absolute Gasteiger partial charge is 0.322 e. The fraction of sp³-hybridized carbons (Fsp3) is 0.200. The molecule has 10 heteroatoms. The Kier molecular flexibility index (Phi) is 7.35. The van der Waals surface area contributed by atoms with Gasteiger partial charge in [0.2, 0.25) is 5.91 Å². The molecular formula is C25H23Cl2N3O4S. The van der Waals surface area contributed by atoms with Gasteiger partial charge in [-0.1, -0.05) is 47.5 Å². The van der Waals surface area contributed by atoms with Gasteiger partial charge in [0.15, 0.2) is 9.84 Å². The summed E-state index contributed by atoms with van der Waals surface area (Å²) in [4.78, 5) is 27.5. The SMILES string of the molecule is CS(=O)(=O)c1ccccc1-c1ccc(NC(=O)C2CCCN2C(=O)Nc2ccc(Cl)cc2)c(Cl)c1. The van der Waals surface area contributed by atoms with Crippen LogP contribution in [-0.2, 0) is 14.6 Å². The van der Waals surface area contributed by atoms with E-state index in [1.54, 1.807) is 60.7 Å². The monoisotopic (exact) mass is 531 g/mol. The molecule has 3 amide bonds. The van der Waals surface area contributed by atoms with Crippen LogP contribution in [0.15, 0.2) is 71.6 Å². The van der Waals surface area contributed by atoms with Crippen LogP contribution in [0.2, 0.25) is 10.0 Å². The van der Waals surface area contributed by atoms with Crippen LogP contribution in [0.5, 0.6) is 0 Å². The molecule has 1 aliphatic heterocycles. The van der Waals surface area contributed by atoms with Crippen LogP contribution >= 0.6 is 23.2 Å². The number of hydrogen-bond acceptors (Lipinski definition) is 4. The zero-order chi connectivity index (χ0) is 25.2. The first-order valence-electron chi connectivity index (χ1n) is 10.9. The van der Waals surface area contributed by atoms with E-state index in [-0.39, 0.29) is 21.9 Å². The molecule has 3 aromatic carbocycles. The van der Waals surface area contributed by atoms with Gasteiger partial charge < -0.3 is 15.5 Å². The lowest BCUT2D eigenvalue weighted by atomic mass is 10.1. The van der Waals surface area contributed by atoms with Crippen molar-refractivity contribution in [3.05, 3.63) is 76.8 Å². The molecule has 2 N–H and O–H groups in total. The number of urea groups is 1. The van der Waals surface area contributed by atoms with Crippen LogP contribution < -0.4 is 10.6 Å². The number of sulfone groups is 1. The number of amides is 3. The second-order valence-corrected chi connectivity index (χ2v) is 11.1. The zero-order valence-corrected chi connectivity index (χ0v) is 21.1. The molecule has 7 nitrogen and oxygen atoms in total. The maximum Gasteiger partial charge on any atom is 0.322 e. The summed E-state index contributed by atoms with van der Waals surface area (Å²) in [5, 5.41) is 6.41. The fourth-order valence-electron chi connectivity index (χ4n) is 4.04. The number of halogens is 2. The van der Waals surface area contributed by atoms with Crippen LogP contribution in [0.1, 0.15) is 12.8 Å². The van der Waals surface area contributed by atoms with E-state index in [9.17, 15) is 18.0 Å². The maximum absolute atomic E-state index is 13.0. The predicted octanol–water partition coefficient (Wildman–Crippen LogP) is 5.70. The first kappa shape index (κ1) is 25.0. The van der Waals surface area contributed by atoms with E-state index in [1.165, 1.54) is 11.0 Å². The van der Waals surface area contributed by atoms with Crippen LogP contribution in [0.4, 0.5) is 16.2 Å². The first-order chi connectivity index (χ1) is 16.6. The average molecular weight is 532 g/mol. The van der Waals surface area contributed by atoms with Gasteiger partial charge in [0, 0.05) is 29.1 Å². The van der Waals surface area contributed by atoms with Gasteiger partial charge in [0.25, 0.3) is 0 Å². The molecule has 1 aliphatic rings. The molecule has 1 unspecified atom stereocenters. The number of hydrogen-bond donors (Lipinski definition) is 2. The molecular weight excluding hydrogens is 509 g/mol. The van der Waals surface area contributed by atoms with Crippen LogP contribution in [0.3, 0.4) is 0 Å². The minimum Gasteiger partial charge on any atom is -0.323 e. The number of likely N-dealkylation sites (tertiary alicyclic amines) is 1. The molecule has 182 valence electrons. The van der Waals surface area contributed by atoms with E-state index in [1.807, 2.05) is 0 Å². The Labute approximate surface area is 214 Å². The van der Waals surface area contributed by atoms with Crippen molar-refractivity contribution < 1.29 is 18.0 Å². The molecule has 1 heterocycles.